The lowest BCUT2D eigenvalue weighted by Gasteiger charge is -2.21. The van der Waals surface area contributed by atoms with Crippen molar-refractivity contribution in [1.29, 1.82) is 0 Å². The smallest absolute Gasteiger partial charge is 0.227 e. The van der Waals surface area contributed by atoms with Crippen molar-refractivity contribution < 1.29 is 14.3 Å². The molecule has 0 radical (unpaired) electrons. The minimum Gasteiger partial charge on any atom is -0.381 e. The van der Waals surface area contributed by atoms with E-state index in [1.54, 1.807) is 6.07 Å². The molecule has 1 aromatic rings. The van der Waals surface area contributed by atoms with Gasteiger partial charge in [0, 0.05) is 36.9 Å². The van der Waals surface area contributed by atoms with Gasteiger partial charge in [-0.1, -0.05) is 13.0 Å². The third-order valence-electron chi connectivity index (χ3n) is 3.48. The summed E-state index contributed by atoms with van der Waals surface area (Å²) in [5, 5.41) is 5.74. The number of rotatable bonds is 5. The first-order valence-corrected chi connectivity index (χ1v) is 7.47. The minimum atomic E-state index is -0.00888. The zero-order chi connectivity index (χ0) is 15.1. The zero-order valence-corrected chi connectivity index (χ0v) is 12.4. The minimum absolute atomic E-state index is 0.00888. The molecule has 0 unspecified atom stereocenters. The molecule has 1 aromatic carbocycles. The first-order valence-electron chi connectivity index (χ1n) is 7.47. The number of carbonyl (C=O) groups excluding carboxylic acids is 2. The van der Waals surface area contributed by atoms with E-state index in [0.717, 1.165) is 19.3 Å². The first kappa shape index (κ1) is 15.5. The highest BCUT2D eigenvalue weighted by atomic mass is 16.5. The number of hydrogen-bond donors (Lipinski definition) is 2. The van der Waals surface area contributed by atoms with E-state index in [0.29, 0.717) is 31.0 Å². The Kier molecular flexibility index (Phi) is 5.75. The maximum Gasteiger partial charge on any atom is 0.227 e. The summed E-state index contributed by atoms with van der Waals surface area (Å²) in [5.74, 6) is 0.0258. The molecule has 0 aromatic heterocycles. The molecule has 0 bridgehead atoms. The summed E-state index contributed by atoms with van der Waals surface area (Å²) in [6.07, 6.45) is 2.84. The van der Waals surface area contributed by atoms with Crippen molar-refractivity contribution in [2.75, 3.05) is 23.8 Å². The second kappa shape index (κ2) is 7.78. The van der Waals surface area contributed by atoms with E-state index in [4.69, 9.17) is 4.74 Å². The molecule has 1 saturated heterocycles. The summed E-state index contributed by atoms with van der Waals surface area (Å²) in [4.78, 5) is 23.7. The van der Waals surface area contributed by atoms with Gasteiger partial charge < -0.3 is 15.4 Å². The third-order valence-corrected chi connectivity index (χ3v) is 3.48. The highest BCUT2D eigenvalue weighted by Crippen LogP contribution is 2.20. The standard InChI is InChI=1S/C16H22N2O3/c1-2-4-15(19)17-13-5-3-6-14(11-13)18-16(20)12-7-9-21-10-8-12/h3,5-6,11-12H,2,4,7-10H2,1H3,(H,17,19)(H,18,20). The summed E-state index contributed by atoms with van der Waals surface area (Å²) in [7, 11) is 0. The Morgan fingerprint density at radius 2 is 1.86 bits per heavy atom. The van der Waals surface area contributed by atoms with Gasteiger partial charge in [0.2, 0.25) is 11.8 Å². The molecule has 114 valence electrons. The van der Waals surface area contributed by atoms with Gasteiger partial charge in [0.1, 0.15) is 0 Å². The van der Waals surface area contributed by atoms with Gasteiger partial charge in [0.05, 0.1) is 0 Å². The van der Waals surface area contributed by atoms with Gasteiger partial charge in [-0.05, 0) is 37.5 Å². The van der Waals surface area contributed by atoms with Crippen LogP contribution in [0.4, 0.5) is 11.4 Å². The Hall–Kier alpha value is -1.88. The molecule has 21 heavy (non-hydrogen) atoms. The number of carbonyl (C=O) groups is 2. The van der Waals surface area contributed by atoms with Gasteiger partial charge in [0.15, 0.2) is 0 Å². The molecule has 1 aliphatic rings. The molecule has 2 amide bonds. The third kappa shape index (κ3) is 4.86. The lowest BCUT2D eigenvalue weighted by molar-refractivity contribution is -0.122. The largest absolute Gasteiger partial charge is 0.381 e. The Balaban J connectivity index is 1.93. The second-order valence-electron chi connectivity index (χ2n) is 5.25. The van der Waals surface area contributed by atoms with Crippen LogP contribution in [-0.4, -0.2) is 25.0 Å². The molecule has 5 heteroatoms. The van der Waals surface area contributed by atoms with E-state index in [1.165, 1.54) is 0 Å². The quantitative estimate of drug-likeness (QED) is 0.876. The van der Waals surface area contributed by atoms with Gasteiger partial charge >= 0.3 is 0 Å². The van der Waals surface area contributed by atoms with Crippen molar-refractivity contribution in [2.24, 2.45) is 5.92 Å². The Labute approximate surface area is 125 Å². The van der Waals surface area contributed by atoms with Gasteiger partial charge in [-0.2, -0.15) is 0 Å². The SMILES string of the molecule is CCCC(=O)Nc1cccc(NC(=O)C2CCOCC2)c1. The zero-order valence-electron chi connectivity index (χ0n) is 12.4. The average molecular weight is 290 g/mol. The van der Waals surface area contributed by atoms with E-state index in [1.807, 2.05) is 25.1 Å². The number of ether oxygens (including phenoxy) is 1. The number of nitrogens with one attached hydrogen (secondary N) is 2. The van der Waals surface area contributed by atoms with Crippen molar-refractivity contribution in [3.8, 4) is 0 Å². The first-order chi connectivity index (χ1) is 10.2. The predicted molar refractivity (Wildman–Crippen MR) is 82.2 cm³/mol. The van der Waals surface area contributed by atoms with Crippen LogP contribution in [0.1, 0.15) is 32.6 Å². The molecule has 1 fully saturated rings. The number of anilines is 2. The van der Waals surface area contributed by atoms with Crippen molar-refractivity contribution in [3.05, 3.63) is 24.3 Å². The second-order valence-corrected chi connectivity index (χ2v) is 5.25. The maximum absolute atomic E-state index is 12.1. The molecule has 2 N–H and O–H groups in total. The number of hydrogen-bond acceptors (Lipinski definition) is 3. The lowest BCUT2D eigenvalue weighted by Crippen LogP contribution is -2.28. The number of benzene rings is 1. The summed E-state index contributed by atoms with van der Waals surface area (Å²) < 4.78 is 5.26. The van der Waals surface area contributed by atoms with Crippen molar-refractivity contribution in [3.63, 3.8) is 0 Å². The van der Waals surface area contributed by atoms with E-state index in [-0.39, 0.29) is 17.7 Å². The van der Waals surface area contributed by atoms with Crippen molar-refractivity contribution >= 4 is 23.2 Å². The van der Waals surface area contributed by atoms with Crippen LogP contribution in [0.2, 0.25) is 0 Å². The Morgan fingerprint density at radius 3 is 2.52 bits per heavy atom. The normalized spacial score (nSPS) is 15.5. The Morgan fingerprint density at radius 1 is 1.19 bits per heavy atom. The van der Waals surface area contributed by atoms with Gasteiger partial charge in [-0.15, -0.1) is 0 Å². The van der Waals surface area contributed by atoms with Crippen LogP contribution in [-0.2, 0) is 14.3 Å². The fourth-order valence-corrected chi connectivity index (χ4v) is 2.33. The molecule has 0 aliphatic carbocycles. The molecule has 2 rings (SSSR count). The van der Waals surface area contributed by atoms with Crippen LogP contribution in [0.15, 0.2) is 24.3 Å². The van der Waals surface area contributed by atoms with Gasteiger partial charge in [0.25, 0.3) is 0 Å². The van der Waals surface area contributed by atoms with Crippen LogP contribution in [0, 0.1) is 5.92 Å². The average Bonchev–Trinajstić information content (AvgIpc) is 2.48. The summed E-state index contributed by atoms with van der Waals surface area (Å²) in [6.45, 7) is 3.25. The fraction of sp³-hybridized carbons (Fsp3) is 0.500. The summed E-state index contributed by atoms with van der Waals surface area (Å²) in [6, 6.07) is 7.25. The Bertz CT molecular complexity index is 496. The van der Waals surface area contributed by atoms with Crippen molar-refractivity contribution in [1.82, 2.24) is 0 Å². The number of amides is 2. The molecule has 1 aliphatic heterocycles. The van der Waals surface area contributed by atoms with Crippen molar-refractivity contribution in [2.45, 2.75) is 32.6 Å². The predicted octanol–water partition coefficient (Wildman–Crippen LogP) is 2.79. The molecule has 0 spiro atoms. The van der Waals surface area contributed by atoms with Crippen LogP contribution in [0.3, 0.4) is 0 Å². The van der Waals surface area contributed by atoms with Crippen LogP contribution in [0.25, 0.3) is 0 Å². The highest BCUT2D eigenvalue weighted by Gasteiger charge is 2.21. The topological polar surface area (TPSA) is 67.4 Å². The molecular weight excluding hydrogens is 268 g/mol. The van der Waals surface area contributed by atoms with E-state index < -0.39 is 0 Å². The van der Waals surface area contributed by atoms with Crippen LogP contribution in [0.5, 0.6) is 0 Å². The highest BCUT2D eigenvalue weighted by molar-refractivity contribution is 5.95. The fourth-order valence-electron chi connectivity index (χ4n) is 2.33. The van der Waals surface area contributed by atoms with E-state index in [2.05, 4.69) is 10.6 Å². The lowest BCUT2D eigenvalue weighted by atomic mass is 9.99. The maximum atomic E-state index is 12.1. The molecular formula is C16H22N2O3. The van der Waals surface area contributed by atoms with Gasteiger partial charge in [-0.25, -0.2) is 0 Å². The van der Waals surface area contributed by atoms with E-state index >= 15 is 0 Å². The van der Waals surface area contributed by atoms with Crippen LogP contribution >= 0.6 is 0 Å². The van der Waals surface area contributed by atoms with Crippen LogP contribution < -0.4 is 10.6 Å². The monoisotopic (exact) mass is 290 g/mol. The molecule has 5 nitrogen and oxygen atoms in total. The molecule has 1 heterocycles. The van der Waals surface area contributed by atoms with Gasteiger partial charge in [-0.3, -0.25) is 9.59 Å². The summed E-state index contributed by atoms with van der Waals surface area (Å²) in [5.41, 5.74) is 1.42. The molecule has 0 saturated carbocycles. The van der Waals surface area contributed by atoms with E-state index in [9.17, 15) is 9.59 Å². The summed E-state index contributed by atoms with van der Waals surface area (Å²) >= 11 is 0. The molecule has 0 atom stereocenters.